The highest BCUT2D eigenvalue weighted by Gasteiger charge is 2.12. The van der Waals surface area contributed by atoms with Crippen molar-refractivity contribution in [2.75, 3.05) is 23.7 Å². The van der Waals surface area contributed by atoms with Gasteiger partial charge in [0, 0.05) is 18.7 Å². The fraction of sp³-hybridized carbons (Fsp3) is 0.733. The van der Waals surface area contributed by atoms with Crippen LogP contribution in [0.4, 0.5) is 11.6 Å². The van der Waals surface area contributed by atoms with Crippen molar-refractivity contribution in [1.29, 1.82) is 0 Å². The molecule has 114 valence electrons. The third kappa shape index (κ3) is 5.33. The highest BCUT2D eigenvalue weighted by atomic mass is 16.3. The van der Waals surface area contributed by atoms with Crippen LogP contribution in [-0.4, -0.2) is 34.3 Å². The summed E-state index contributed by atoms with van der Waals surface area (Å²) in [6, 6.07) is 0. The van der Waals surface area contributed by atoms with Gasteiger partial charge in [0.2, 0.25) is 0 Å². The van der Waals surface area contributed by atoms with Gasteiger partial charge in [-0.2, -0.15) is 0 Å². The van der Waals surface area contributed by atoms with Crippen molar-refractivity contribution in [3.8, 4) is 0 Å². The number of hydrogen-bond acceptors (Lipinski definition) is 5. The van der Waals surface area contributed by atoms with E-state index in [1.807, 2.05) is 0 Å². The molecule has 0 spiro atoms. The fourth-order valence-electron chi connectivity index (χ4n) is 2.21. The number of aromatic nitrogens is 2. The summed E-state index contributed by atoms with van der Waals surface area (Å²) in [7, 11) is 0. The summed E-state index contributed by atoms with van der Waals surface area (Å²) >= 11 is 0. The molecule has 0 fully saturated rings. The zero-order chi connectivity index (χ0) is 15.0. The third-order valence-corrected chi connectivity index (χ3v) is 3.04. The Bertz CT molecular complexity index is 395. The molecule has 3 N–H and O–H groups in total. The van der Waals surface area contributed by atoms with Gasteiger partial charge in [0.05, 0.1) is 6.10 Å². The second-order valence-corrected chi connectivity index (χ2v) is 5.49. The van der Waals surface area contributed by atoms with Gasteiger partial charge in [-0.05, 0) is 25.7 Å². The molecule has 5 nitrogen and oxygen atoms in total. The maximum atomic E-state index is 9.95. The first-order chi connectivity index (χ1) is 9.58. The van der Waals surface area contributed by atoms with E-state index < -0.39 is 0 Å². The SMILES string of the molecule is CCCc1c(NCC)ncnc1NCC(O)CC(C)C. The lowest BCUT2D eigenvalue weighted by molar-refractivity contribution is 0.161. The quantitative estimate of drug-likeness (QED) is 0.649. The summed E-state index contributed by atoms with van der Waals surface area (Å²) in [6.07, 6.45) is 3.97. The van der Waals surface area contributed by atoms with Gasteiger partial charge in [-0.1, -0.05) is 27.2 Å². The number of aliphatic hydroxyl groups is 1. The number of nitrogens with one attached hydrogen (secondary N) is 2. The second kappa shape index (κ2) is 8.74. The van der Waals surface area contributed by atoms with Crippen molar-refractivity contribution in [3.63, 3.8) is 0 Å². The smallest absolute Gasteiger partial charge is 0.134 e. The molecule has 0 aromatic carbocycles. The van der Waals surface area contributed by atoms with E-state index in [4.69, 9.17) is 0 Å². The van der Waals surface area contributed by atoms with Gasteiger partial charge in [-0.25, -0.2) is 9.97 Å². The molecule has 20 heavy (non-hydrogen) atoms. The van der Waals surface area contributed by atoms with Crippen LogP contribution in [0, 0.1) is 5.92 Å². The van der Waals surface area contributed by atoms with E-state index in [1.54, 1.807) is 6.33 Å². The molecule has 0 aliphatic carbocycles. The van der Waals surface area contributed by atoms with Gasteiger partial charge in [0.1, 0.15) is 18.0 Å². The maximum Gasteiger partial charge on any atom is 0.134 e. The number of hydrogen-bond donors (Lipinski definition) is 3. The van der Waals surface area contributed by atoms with Gasteiger partial charge in [0.25, 0.3) is 0 Å². The molecule has 1 rings (SSSR count). The van der Waals surface area contributed by atoms with Crippen LogP contribution < -0.4 is 10.6 Å². The molecular formula is C15H28N4O. The van der Waals surface area contributed by atoms with Crippen LogP contribution in [0.1, 0.15) is 46.1 Å². The fourth-order valence-corrected chi connectivity index (χ4v) is 2.21. The largest absolute Gasteiger partial charge is 0.391 e. The standard InChI is InChI=1S/C15H28N4O/c1-5-7-13-14(16-6-2)18-10-19-15(13)17-9-12(20)8-11(3)4/h10-12,20H,5-9H2,1-4H3,(H2,16,17,18,19). The van der Waals surface area contributed by atoms with Crippen LogP contribution in [0.25, 0.3) is 0 Å². The molecule has 1 aromatic heterocycles. The number of aliphatic hydroxyl groups excluding tert-OH is 1. The van der Waals surface area contributed by atoms with Crippen molar-refractivity contribution in [2.45, 2.75) is 53.1 Å². The van der Waals surface area contributed by atoms with Gasteiger partial charge in [-0.3, -0.25) is 0 Å². The molecule has 0 amide bonds. The van der Waals surface area contributed by atoms with Crippen LogP contribution in [0.15, 0.2) is 6.33 Å². The normalized spacial score (nSPS) is 12.5. The Labute approximate surface area is 122 Å². The van der Waals surface area contributed by atoms with Crippen LogP contribution in [0.3, 0.4) is 0 Å². The first-order valence-electron chi connectivity index (χ1n) is 7.58. The molecule has 1 heterocycles. The highest BCUT2D eigenvalue weighted by molar-refractivity contribution is 5.57. The maximum absolute atomic E-state index is 9.95. The first-order valence-corrected chi connectivity index (χ1v) is 7.58. The van der Waals surface area contributed by atoms with Gasteiger partial charge < -0.3 is 15.7 Å². The van der Waals surface area contributed by atoms with Crippen LogP contribution >= 0.6 is 0 Å². The molecule has 0 bridgehead atoms. The molecule has 0 radical (unpaired) electrons. The minimum absolute atomic E-state index is 0.345. The van der Waals surface area contributed by atoms with Crippen molar-refractivity contribution in [2.24, 2.45) is 5.92 Å². The lowest BCUT2D eigenvalue weighted by Crippen LogP contribution is -2.22. The number of rotatable bonds is 9. The Morgan fingerprint density at radius 1 is 1.15 bits per heavy atom. The monoisotopic (exact) mass is 280 g/mol. The van der Waals surface area contributed by atoms with Gasteiger partial charge in [-0.15, -0.1) is 0 Å². The van der Waals surface area contributed by atoms with E-state index in [-0.39, 0.29) is 6.10 Å². The predicted octanol–water partition coefficient (Wildman–Crippen LogP) is 2.68. The Kier molecular flexibility index (Phi) is 7.30. The summed E-state index contributed by atoms with van der Waals surface area (Å²) in [5, 5.41) is 16.5. The van der Waals surface area contributed by atoms with E-state index >= 15 is 0 Å². The van der Waals surface area contributed by atoms with E-state index in [0.717, 1.165) is 43.0 Å². The molecule has 0 saturated heterocycles. The zero-order valence-corrected chi connectivity index (χ0v) is 13.1. The Balaban J connectivity index is 2.75. The molecule has 5 heteroatoms. The van der Waals surface area contributed by atoms with E-state index in [9.17, 15) is 5.11 Å². The van der Waals surface area contributed by atoms with Crippen molar-refractivity contribution in [1.82, 2.24) is 9.97 Å². The van der Waals surface area contributed by atoms with Crippen molar-refractivity contribution < 1.29 is 5.11 Å². The van der Waals surface area contributed by atoms with Crippen molar-refractivity contribution in [3.05, 3.63) is 11.9 Å². The summed E-state index contributed by atoms with van der Waals surface area (Å²) < 4.78 is 0. The average Bonchev–Trinajstić information content (AvgIpc) is 2.39. The zero-order valence-electron chi connectivity index (χ0n) is 13.1. The molecular weight excluding hydrogens is 252 g/mol. The summed E-state index contributed by atoms with van der Waals surface area (Å²) in [5.41, 5.74) is 1.11. The van der Waals surface area contributed by atoms with E-state index in [2.05, 4.69) is 48.3 Å². The van der Waals surface area contributed by atoms with Crippen LogP contribution in [0.5, 0.6) is 0 Å². The predicted molar refractivity (Wildman–Crippen MR) is 84.1 cm³/mol. The van der Waals surface area contributed by atoms with Crippen molar-refractivity contribution >= 4 is 11.6 Å². The summed E-state index contributed by atoms with van der Waals surface area (Å²) in [4.78, 5) is 8.62. The van der Waals surface area contributed by atoms with E-state index in [1.165, 1.54) is 0 Å². The average molecular weight is 280 g/mol. The van der Waals surface area contributed by atoms with Gasteiger partial charge in [0.15, 0.2) is 0 Å². The Morgan fingerprint density at radius 3 is 2.35 bits per heavy atom. The lowest BCUT2D eigenvalue weighted by Gasteiger charge is -2.17. The molecule has 0 aliphatic rings. The van der Waals surface area contributed by atoms with Crippen LogP contribution in [-0.2, 0) is 6.42 Å². The lowest BCUT2D eigenvalue weighted by atomic mass is 10.1. The molecule has 1 aromatic rings. The Hall–Kier alpha value is -1.36. The second-order valence-electron chi connectivity index (χ2n) is 5.49. The first kappa shape index (κ1) is 16.7. The summed E-state index contributed by atoms with van der Waals surface area (Å²) in [6.45, 7) is 9.78. The highest BCUT2D eigenvalue weighted by Crippen LogP contribution is 2.21. The number of nitrogens with zero attached hydrogens (tertiary/aromatic N) is 2. The Morgan fingerprint density at radius 2 is 1.80 bits per heavy atom. The third-order valence-electron chi connectivity index (χ3n) is 3.04. The summed E-state index contributed by atoms with van der Waals surface area (Å²) in [5.74, 6) is 2.22. The molecule has 1 unspecified atom stereocenters. The van der Waals surface area contributed by atoms with Crippen LogP contribution in [0.2, 0.25) is 0 Å². The molecule has 0 aliphatic heterocycles. The molecule has 0 saturated carbocycles. The van der Waals surface area contributed by atoms with E-state index in [0.29, 0.717) is 12.5 Å². The van der Waals surface area contributed by atoms with Gasteiger partial charge >= 0.3 is 0 Å². The minimum atomic E-state index is -0.345. The minimum Gasteiger partial charge on any atom is -0.391 e. The number of anilines is 2. The topological polar surface area (TPSA) is 70.1 Å². The molecule has 1 atom stereocenters.